The molecule has 0 atom stereocenters. The average Bonchev–Trinajstić information content (AvgIpc) is 2.85. The number of quaternary nitrogens is 2. The first-order valence-corrected chi connectivity index (χ1v) is 4.38. The van der Waals surface area contributed by atoms with Crippen LogP contribution in [0.15, 0.2) is 0 Å². The van der Waals surface area contributed by atoms with Gasteiger partial charge < -0.3 is 15.1 Å². The van der Waals surface area contributed by atoms with Crippen molar-refractivity contribution in [2.24, 2.45) is 0 Å². The van der Waals surface area contributed by atoms with Crippen LogP contribution in [-0.4, -0.2) is 56.0 Å². The van der Waals surface area contributed by atoms with Crippen LogP contribution in [0.1, 0.15) is 0 Å². The second-order valence-electron chi connectivity index (χ2n) is 2.39. The monoisotopic (exact) mass is 326 g/mol. The van der Waals surface area contributed by atoms with Gasteiger partial charge in [0.1, 0.15) is 22.0 Å². The van der Waals surface area contributed by atoms with Gasteiger partial charge in [-0.25, -0.2) is 42.4 Å². The van der Waals surface area contributed by atoms with Crippen molar-refractivity contribution in [1.29, 1.82) is 0 Å². The van der Waals surface area contributed by atoms with Gasteiger partial charge in [-0.1, -0.05) is 10.9 Å². The molecule has 2 heterocycles. The fourth-order valence-corrected chi connectivity index (χ4v) is 0.863. The molecule has 124 valence electrons. The summed E-state index contributed by atoms with van der Waals surface area (Å²) in [6.45, 7) is 0. The highest BCUT2D eigenvalue weighted by atomic mass is 16.7. The van der Waals surface area contributed by atoms with E-state index in [0.717, 1.165) is 0 Å². The van der Waals surface area contributed by atoms with Gasteiger partial charge in [-0.05, 0) is 0 Å². The lowest BCUT2D eigenvalue weighted by atomic mass is 11.0. The zero-order valence-electron chi connectivity index (χ0n) is 10.4. The molecule has 0 aliphatic rings. The molecule has 0 radical (unpaired) electrons. The van der Waals surface area contributed by atoms with Crippen molar-refractivity contribution in [2.45, 2.75) is 0 Å². The van der Waals surface area contributed by atoms with Crippen LogP contribution in [0, 0.1) is 20.2 Å². The van der Waals surface area contributed by atoms with Crippen LogP contribution in [0.2, 0.25) is 0 Å². The molecule has 0 bridgehead atoms. The minimum atomic E-state index is -1.04. The Morgan fingerprint density at radius 2 is 1.45 bits per heavy atom. The third-order valence-electron chi connectivity index (χ3n) is 1.37. The van der Waals surface area contributed by atoms with Gasteiger partial charge in [0.15, 0.2) is 5.78 Å². The fraction of sp³-hybridized carbons (Fsp3) is 0. The maximum absolute atomic E-state index is 10.1. The minimum Gasteiger partial charge on any atom is -0.412 e. The van der Waals surface area contributed by atoms with E-state index >= 15 is 0 Å². The molecular weight excluding hydrogens is 316 g/mol. The van der Waals surface area contributed by atoms with E-state index in [9.17, 15) is 20.2 Å². The summed E-state index contributed by atoms with van der Waals surface area (Å²) < 4.78 is 0.706. The quantitative estimate of drug-likeness (QED) is 0.307. The van der Waals surface area contributed by atoms with Gasteiger partial charge in [0.05, 0.1) is 0 Å². The normalized spacial score (nSPS) is 8.36. The molecule has 2 aromatic rings. The summed E-state index contributed by atoms with van der Waals surface area (Å²) in [5.74, 6) is 3.19. The Labute approximate surface area is 118 Å². The number of aromatic nitrogens is 6. The first kappa shape index (κ1) is 20.9. The van der Waals surface area contributed by atoms with Crippen molar-refractivity contribution in [3.8, 4) is 0 Å². The Hall–Kier alpha value is -3.39. The van der Waals surface area contributed by atoms with E-state index in [0.29, 0.717) is 4.52 Å². The van der Waals surface area contributed by atoms with Crippen molar-refractivity contribution in [2.75, 3.05) is 0 Å². The summed E-state index contributed by atoms with van der Waals surface area (Å²) >= 11 is 0. The molecule has 2 rings (SSSR count). The highest BCUT2D eigenvalue weighted by Crippen LogP contribution is 2.16. The van der Waals surface area contributed by atoms with Gasteiger partial charge in [0.2, 0.25) is 0 Å². The maximum atomic E-state index is 10.1. The van der Waals surface area contributed by atoms with Crippen molar-refractivity contribution in [3.63, 3.8) is 0 Å². The molecule has 0 spiro atoms. The molecule has 19 heteroatoms. The Bertz CT molecular complexity index is 597. The van der Waals surface area contributed by atoms with Crippen LogP contribution in [0.5, 0.6) is 0 Å². The number of fused-ring (bicyclic) bond motifs is 1. The molecule has 19 nitrogen and oxygen atoms in total. The van der Waals surface area contributed by atoms with Gasteiger partial charge in [-0.2, -0.15) is 10.2 Å². The van der Waals surface area contributed by atoms with Crippen LogP contribution in [0.25, 0.3) is 16.6 Å². The van der Waals surface area contributed by atoms with E-state index < -0.39 is 22.0 Å². The molecule has 22 heavy (non-hydrogen) atoms. The molecule has 0 aliphatic carbocycles. The second-order valence-corrected chi connectivity index (χ2v) is 2.39. The highest BCUT2D eigenvalue weighted by molar-refractivity contribution is 5.39. The predicted octanol–water partition coefficient (Wildman–Crippen LogP) is -4.28. The SMILES string of the molecule is O.O=[N+]([O-])[N-]c1nnc2nnc([N-][N+](=O)[O-])n2n1.[NH3+]O.[NH3+]O. The lowest BCUT2D eigenvalue weighted by Crippen LogP contribution is -2.42. The molecule has 0 amide bonds. The van der Waals surface area contributed by atoms with E-state index in [4.69, 9.17) is 10.4 Å². The van der Waals surface area contributed by atoms with Gasteiger partial charge in [0, 0.05) is 0 Å². The smallest absolute Gasteiger partial charge is 0.189 e. The van der Waals surface area contributed by atoms with E-state index in [2.05, 4.69) is 48.1 Å². The van der Waals surface area contributed by atoms with Crippen LogP contribution in [-0.2, 0) is 0 Å². The second kappa shape index (κ2) is 10.4. The molecule has 2 aromatic heterocycles. The van der Waals surface area contributed by atoms with Crippen LogP contribution in [0.4, 0.5) is 11.9 Å². The molecule has 0 fully saturated rings. The van der Waals surface area contributed by atoms with Crippen molar-refractivity contribution in [1.82, 2.24) is 30.0 Å². The predicted molar refractivity (Wildman–Crippen MR) is 59.4 cm³/mol. The molecule has 10 N–H and O–H groups in total. The molecule has 0 unspecified atom stereocenters. The van der Waals surface area contributed by atoms with Crippen LogP contribution >= 0.6 is 0 Å². The first-order chi connectivity index (χ1) is 10.1. The summed E-state index contributed by atoms with van der Waals surface area (Å²) in [6, 6.07) is 0. The van der Waals surface area contributed by atoms with Gasteiger partial charge >= 0.3 is 0 Å². The topological polar surface area (TPSA) is 311 Å². The summed E-state index contributed by atoms with van der Waals surface area (Å²) in [7, 11) is 0. The lowest BCUT2D eigenvalue weighted by Gasteiger charge is -2.08. The molecule has 0 aliphatic heterocycles. The third-order valence-corrected chi connectivity index (χ3v) is 1.37. The van der Waals surface area contributed by atoms with Crippen LogP contribution < -0.4 is 11.8 Å². The average molecular weight is 326 g/mol. The Morgan fingerprint density at radius 1 is 0.955 bits per heavy atom. The van der Waals surface area contributed by atoms with E-state index in [1.807, 2.05) is 0 Å². The minimum absolute atomic E-state index is 0. The fourth-order valence-electron chi connectivity index (χ4n) is 0.863. The zero-order valence-corrected chi connectivity index (χ0v) is 10.4. The third kappa shape index (κ3) is 5.72. The Kier molecular flexibility index (Phi) is 9.89. The van der Waals surface area contributed by atoms with E-state index in [1.165, 1.54) is 0 Å². The van der Waals surface area contributed by atoms with Gasteiger partial charge in [-0.3, -0.25) is 10.2 Å². The van der Waals surface area contributed by atoms with Crippen molar-refractivity contribution >= 4 is 17.7 Å². The standard InChI is InChI=1S/C3N10O4.2H4NO.H2O/c14-12(15)9-1-4-5-2-6-7-3(10-13(16)17)11(2)8-1;2*1-2;/h;2*2H,1H3;1H2/q-2;2*+1;. The summed E-state index contributed by atoms with van der Waals surface area (Å²) in [5.41, 5.74) is 5.60. The van der Waals surface area contributed by atoms with Crippen LogP contribution in [0.3, 0.4) is 0 Å². The lowest BCUT2D eigenvalue weighted by molar-refractivity contribution is -0.670. The van der Waals surface area contributed by atoms with E-state index in [-0.39, 0.29) is 11.3 Å². The number of hydrogen-bond acceptors (Lipinski definition) is 11. The largest absolute Gasteiger partial charge is 0.412 e. The van der Waals surface area contributed by atoms with Gasteiger partial charge in [-0.15, -0.1) is 0 Å². The highest BCUT2D eigenvalue weighted by Gasteiger charge is 2.02. The van der Waals surface area contributed by atoms with Gasteiger partial charge in [0.25, 0.3) is 0 Å². The van der Waals surface area contributed by atoms with Crippen molar-refractivity contribution < 1.29 is 37.7 Å². The number of nitro groups is 2. The maximum Gasteiger partial charge on any atom is 0.189 e. The molecule has 0 saturated heterocycles. The summed E-state index contributed by atoms with van der Waals surface area (Å²) in [5, 5.41) is 48.3. The van der Waals surface area contributed by atoms with E-state index in [1.54, 1.807) is 0 Å². The zero-order chi connectivity index (χ0) is 16.4. The number of rotatable bonds is 4. The number of nitrogens with zero attached hydrogens (tertiary/aromatic N) is 10. The first-order valence-electron chi connectivity index (χ1n) is 4.38. The van der Waals surface area contributed by atoms with Crippen molar-refractivity contribution in [3.05, 3.63) is 31.1 Å². The number of hydrogen-bond donors (Lipinski definition) is 4. The summed E-state index contributed by atoms with van der Waals surface area (Å²) in [6.07, 6.45) is 0. The molecule has 0 aromatic carbocycles. The Balaban J connectivity index is 0. The summed E-state index contributed by atoms with van der Waals surface area (Å²) in [4.78, 5) is 20.2. The Morgan fingerprint density at radius 3 is 1.95 bits per heavy atom. The molecule has 0 saturated carbocycles. The molecular formula is C3H10N12O7.